The van der Waals surface area contributed by atoms with Crippen LogP contribution in [0, 0.1) is 16.0 Å². The van der Waals surface area contributed by atoms with Gasteiger partial charge in [0.2, 0.25) is 5.91 Å². The molecule has 3 aromatic rings. The molecule has 1 aliphatic carbocycles. The second kappa shape index (κ2) is 11.3. The normalized spacial score (nSPS) is 17.7. The van der Waals surface area contributed by atoms with E-state index in [1.807, 2.05) is 12.1 Å². The monoisotopic (exact) mass is 496 g/mol. The highest BCUT2D eigenvalue weighted by Crippen LogP contribution is 2.39. The molecule has 35 heavy (non-hydrogen) atoms. The van der Waals surface area contributed by atoms with E-state index in [2.05, 4.69) is 32.0 Å². The molecule has 1 fully saturated rings. The third-order valence-electron chi connectivity index (χ3n) is 6.07. The quantitative estimate of drug-likeness (QED) is 0.246. The van der Waals surface area contributed by atoms with Crippen molar-refractivity contribution < 1.29 is 14.5 Å². The summed E-state index contributed by atoms with van der Waals surface area (Å²) in [6.45, 7) is 4.43. The second-order valence-electron chi connectivity index (χ2n) is 8.45. The number of aromatic nitrogens is 4. The summed E-state index contributed by atoms with van der Waals surface area (Å²) in [6.07, 6.45) is 7.96. The minimum Gasteiger partial charge on any atom is -0.494 e. The molecule has 0 bridgehead atoms. The highest BCUT2D eigenvalue weighted by molar-refractivity contribution is 7.99. The van der Waals surface area contributed by atoms with Crippen LogP contribution in [0.3, 0.4) is 0 Å². The Kier molecular flexibility index (Phi) is 7.96. The van der Waals surface area contributed by atoms with E-state index in [1.54, 1.807) is 25.4 Å². The van der Waals surface area contributed by atoms with Crippen LogP contribution in [0.25, 0.3) is 11.4 Å². The number of rotatable bonds is 9. The zero-order valence-corrected chi connectivity index (χ0v) is 20.5. The SMILES string of the molecule is CCOc1ccc(NC(=O)CSc2nnc(-c3cccnc3)n2[C@@H]2CCCC[C@@H]2C)c([N+](=O)[O-])c1. The Bertz CT molecular complexity index is 1190. The molecule has 2 heterocycles. The number of carbonyl (C=O) groups is 1. The van der Waals surface area contributed by atoms with Gasteiger partial charge >= 0.3 is 0 Å². The molecule has 184 valence electrons. The number of nitrogens with zero attached hydrogens (tertiary/aromatic N) is 5. The lowest BCUT2D eigenvalue weighted by molar-refractivity contribution is -0.384. The highest BCUT2D eigenvalue weighted by Gasteiger charge is 2.29. The van der Waals surface area contributed by atoms with E-state index in [0.717, 1.165) is 30.7 Å². The molecule has 1 aromatic carbocycles. The summed E-state index contributed by atoms with van der Waals surface area (Å²) in [5, 5.41) is 23.6. The molecule has 1 aliphatic rings. The number of amides is 1. The molecule has 0 radical (unpaired) electrons. The summed E-state index contributed by atoms with van der Waals surface area (Å²) >= 11 is 1.27. The van der Waals surface area contributed by atoms with Crippen molar-refractivity contribution in [2.45, 2.75) is 50.7 Å². The van der Waals surface area contributed by atoms with Gasteiger partial charge < -0.3 is 10.1 Å². The van der Waals surface area contributed by atoms with E-state index in [1.165, 1.54) is 30.3 Å². The first-order valence-electron chi connectivity index (χ1n) is 11.7. The van der Waals surface area contributed by atoms with Crippen LogP contribution < -0.4 is 10.1 Å². The Labute approximate surface area is 207 Å². The molecule has 10 nitrogen and oxygen atoms in total. The maximum absolute atomic E-state index is 12.7. The van der Waals surface area contributed by atoms with E-state index in [-0.39, 0.29) is 29.1 Å². The lowest BCUT2D eigenvalue weighted by Crippen LogP contribution is -2.23. The largest absolute Gasteiger partial charge is 0.494 e. The van der Waals surface area contributed by atoms with E-state index >= 15 is 0 Å². The lowest BCUT2D eigenvalue weighted by atomic mass is 9.85. The maximum Gasteiger partial charge on any atom is 0.296 e. The van der Waals surface area contributed by atoms with Crippen LogP contribution in [0.1, 0.15) is 45.6 Å². The number of nitro groups is 1. The smallest absolute Gasteiger partial charge is 0.296 e. The number of nitro benzene ring substituents is 1. The van der Waals surface area contributed by atoms with Gasteiger partial charge in [0.05, 0.1) is 23.3 Å². The van der Waals surface area contributed by atoms with Gasteiger partial charge in [0, 0.05) is 24.0 Å². The van der Waals surface area contributed by atoms with Gasteiger partial charge in [0.25, 0.3) is 5.69 Å². The third kappa shape index (κ3) is 5.79. The predicted octanol–water partition coefficient (Wildman–Crippen LogP) is 5.13. The summed E-state index contributed by atoms with van der Waals surface area (Å²) in [5.41, 5.74) is 0.786. The zero-order valence-electron chi connectivity index (χ0n) is 19.7. The molecule has 11 heteroatoms. The average molecular weight is 497 g/mol. The average Bonchev–Trinajstić information content (AvgIpc) is 3.28. The molecule has 1 saturated carbocycles. The number of anilines is 1. The molecule has 2 atom stereocenters. The van der Waals surface area contributed by atoms with Crippen LogP contribution >= 0.6 is 11.8 Å². The molecule has 0 aliphatic heterocycles. The Morgan fingerprint density at radius 3 is 2.83 bits per heavy atom. The van der Waals surface area contributed by atoms with Crippen molar-refractivity contribution in [3.05, 3.63) is 52.8 Å². The van der Waals surface area contributed by atoms with Crippen LogP contribution in [-0.2, 0) is 4.79 Å². The number of carbonyl (C=O) groups excluding carboxylic acids is 1. The Morgan fingerprint density at radius 2 is 2.11 bits per heavy atom. The number of hydrogen-bond donors (Lipinski definition) is 1. The van der Waals surface area contributed by atoms with Crippen molar-refractivity contribution >= 4 is 29.0 Å². The third-order valence-corrected chi connectivity index (χ3v) is 7.01. The number of hydrogen-bond acceptors (Lipinski definition) is 8. The topological polar surface area (TPSA) is 125 Å². The predicted molar refractivity (Wildman–Crippen MR) is 134 cm³/mol. The lowest BCUT2D eigenvalue weighted by Gasteiger charge is -2.31. The van der Waals surface area contributed by atoms with Crippen molar-refractivity contribution in [3.8, 4) is 17.1 Å². The van der Waals surface area contributed by atoms with Crippen molar-refractivity contribution in [2.75, 3.05) is 17.7 Å². The molecule has 0 saturated heterocycles. The summed E-state index contributed by atoms with van der Waals surface area (Å²) in [4.78, 5) is 27.9. The summed E-state index contributed by atoms with van der Waals surface area (Å²) in [7, 11) is 0. The molecular formula is C24H28N6O4S. The molecule has 2 aromatic heterocycles. The van der Waals surface area contributed by atoms with E-state index < -0.39 is 4.92 Å². The molecule has 0 spiro atoms. The van der Waals surface area contributed by atoms with Crippen molar-refractivity contribution in [3.63, 3.8) is 0 Å². The minimum absolute atomic E-state index is 0.0383. The van der Waals surface area contributed by atoms with E-state index in [9.17, 15) is 14.9 Å². The van der Waals surface area contributed by atoms with Gasteiger partial charge in [-0.05, 0) is 49.9 Å². The van der Waals surface area contributed by atoms with Gasteiger partial charge in [-0.25, -0.2) is 0 Å². The summed E-state index contributed by atoms with van der Waals surface area (Å²) in [5.74, 6) is 1.24. The van der Waals surface area contributed by atoms with Crippen molar-refractivity contribution in [1.29, 1.82) is 0 Å². The van der Waals surface area contributed by atoms with Gasteiger partial charge in [0.1, 0.15) is 11.4 Å². The van der Waals surface area contributed by atoms with E-state index in [0.29, 0.717) is 23.4 Å². The molecular weight excluding hydrogens is 468 g/mol. The van der Waals surface area contributed by atoms with Crippen LogP contribution in [-0.4, -0.2) is 42.9 Å². The Hall–Kier alpha value is -3.47. The second-order valence-corrected chi connectivity index (χ2v) is 9.40. The van der Waals surface area contributed by atoms with Crippen LogP contribution in [0.15, 0.2) is 47.9 Å². The summed E-state index contributed by atoms with van der Waals surface area (Å²) in [6, 6.07) is 8.44. The van der Waals surface area contributed by atoms with Crippen LogP contribution in [0.5, 0.6) is 5.75 Å². The zero-order chi connectivity index (χ0) is 24.8. The van der Waals surface area contributed by atoms with Gasteiger partial charge in [-0.15, -0.1) is 10.2 Å². The van der Waals surface area contributed by atoms with Crippen molar-refractivity contribution in [2.24, 2.45) is 5.92 Å². The highest BCUT2D eigenvalue weighted by atomic mass is 32.2. The number of nitrogens with one attached hydrogen (secondary N) is 1. The van der Waals surface area contributed by atoms with Gasteiger partial charge in [-0.3, -0.25) is 24.5 Å². The van der Waals surface area contributed by atoms with E-state index in [4.69, 9.17) is 4.74 Å². The Balaban J connectivity index is 1.53. The summed E-state index contributed by atoms with van der Waals surface area (Å²) < 4.78 is 7.47. The standard InChI is InChI=1S/C24H28N6O4S/c1-3-34-18-10-11-19(21(13-18)30(32)33)26-22(31)15-35-24-28-27-23(17-8-6-12-25-14-17)29(24)20-9-5-4-7-16(20)2/h6,8,10-14,16,20H,3-5,7,9,15H2,1-2H3,(H,26,31)/t16-,20+/m0/s1. The van der Waals surface area contributed by atoms with Crippen molar-refractivity contribution in [1.82, 2.24) is 19.7 Å². The van der Waals surface area contributed by atoms with Gasteiger partial charge in [-0.1, -0.05) is 31.5 Å². The Morgan fingerprint density at radius 1 is 1.29 bits per heavy atom. The fraction of sp³-hybridized carbons (Fsp3) is 0.417. The first-order valence-corrected chi connectivity index (χ1v) is 12.7. The maximum atomic E-state index is 12.7. The number of pyridine rings is 1. The number of ether oxygens (including phenoxy) is 1. The number of thioether (sulfide) groups is 1. The fourth-order valence-electron chi connectivity index (χ4n) is 4.39. The van der Waals surface area contributed by atoms with Crippen LogP contribution in [0.2, 0.25) is 0 Å². The molecule has 1 N–H and O–H groups in total. The van der Waals surface area contributed by atoms with Crippen LogP contribution in [0.4, 0.5) is 11.4 Å². The molecule has 0 unspecified atom stereocenters. The molecule has 4 rings (SSSR count). The molecule has 1 amide bonds. The number of benzene rings is 1. The first-order chi connectivity index (χ1) is 17.0. The fourth-order valence-corrected chi connectivity index (χ4v) is 5.18. The first kappa shape index (κ1) is 24.6. The van der Waals surface area contributed by atoms with Gasteiger partial charge in [0.15, 0.2) is 11.0 Å². The van der Waals surface area contributed by atoms with Gasteiger partial charge in [-0.2, -0.15) is 0 Å². The minimum atomic E-state index is -0.535.